The third-order valence-corrected chi connectivity index (χ3v) is 4.01. The molecule has 1 aromatic carbocycles. The summed E-state index contributed by atoms with van der Waals surface area (Å²) in [6.07, 6.45) is 5.11. The van der Waals surface area contributed by atoms with Crippen LogP contribution >= 0.6 is 0 Å². The number of anilines is 1. The molecule has 1 aliphatic heterocycles. The molecule has 2 rings (SSSR count). The van der Waals surface area contributed by atoms with Crippen molar-refractivity contribution in [3.63, 3.8) is 0 Å². The summed E-state index contributed by atoms with van der Waals surface area (Å²) >= 11 is 0. The third kappa shape index (κ3) is 5.31. The van der Waals surface area contributed by atoms with Crippen LogP contribution in [0.5, 0.6) is 0 Å². The van der Waals surface area contributed by atoms with Gasteiger partial charge in [0, 0.05) is 26.3 Å². The van der Waals surface area contributed by atoms with Gasteiger partial charge in [0.2, 0.25) is 5.96 Å². The molecular weight excluding hydrogens is 276 g/mol. The third-order valence-electron chi connectivity index (χ3n) is 4.01. The van der Waals surface area contributed by atoms with E-state index < -0.39 is 0 Å². The molecular formula is C17H28N4O. The number of likely N-dealkylation sites (tertiary alicyclic amines) is 1. The van der Waals surface area contributed by atoms with Crippen LogP contribution in [-0.2, 0) is 4.84 Å². The Bertz CT molecular complexity index is 443. The summed E-state index contributed by atoms with van der Waals surface area (Å²) in [5.74, 6) is 0.712. The summed E-state index contributed by atoms with van der Waals surface area (Å²) in [4.78, 5) is 14.3. The summed E-state index contributed by atoms with van der Waals surface area (Å²) < 4.78 is 0. The second kappa shape index (κ2) is 9.43. The molecule has 0 atom stereocenters. The molecule has 0 radical (unpaired) electrons. The highest BCUT2D eigenvalue weighted by Gasteiger charge is 2.10. The van der Waals surface area contributed by atoms with Gasteiger partial charge in [0.05, 0.1) is 6.61 Å². The molecule has 1 aromatic rings. The van der Waals surface area contributed by atoms with Crippen molar-refractivity contribution in [3.8, 4) is 0 Å². The quantitative estimate of drug-likeness (QED) is 0.379. The van der Waals surface area contributed by atoms with E-state index in [1.165, 1.54) is 32.4 Å². The standard InChI is InChI=1S/C17H28N4O/c1-18-17(20(2)16-10-5-3-6-11-16)19-22-15-9-14-21-12-7-4-8-13-21/h3,5-6,10-11H,4,7-9,12-15H2,1-2H3,(H,18,19). The number of piperidine rings is 1. The number of para-hydroxylation sites is 1. The maximum Gasteiger partial charge on any atom is 0.222 e. The second-order valence-corrected chi connectivity index (χ2v) is 5.65. The van der Waals surface area contributed by atoms with Crippen molar-refractivity contribution in [3.05, 3.63) is 30.3 Å². The zero-order valence-corrected chi connectivity index (χ0v) is 13.8. The molecule has 1 heterocycles. The lowest BCUT2D eigenvalue weighted by atomic mass is 10.1. The SMILES string of the molecule is CN=C(NOCCCN1CCCCC1)N(C)c1ccccc1. The molecule has 1 aliphatic rings. The molecule has 1 fully saturated rings. The van der Waals surface area contributed by atoms with Crippen LogP contribution in [0.25, 0.3) is 0 Å². The molecule has 22 heavy (non-hydrogen) atoms. The van der Waals surface area contributed by atoms with Gasteiger partial charge in [0.1, 0.15) is 0 Å². The number of hydroxylamine groups is 1. The Morgan fingerprint density at radius 3 is 2.64 bits per heavy atom. The van der Waals surface area contributed by atoms with E-state index in [0.717, 1.165) is 18.7 Å². The minimum Gasteiger partial charge on any atom is -0.314 e. The van der Waals surface area contributed by atoms with Crippen LogP contribution in [0.4, 0.5) is 5.69 Å². The minimum absolute atomic E-state index is 0.693. The molecule has 0 aromatic heterocycles. The van der Waals surface area contributed by atoms with E-state index in [9.17, 15) is 0 Å². The first-order chi connectivity index (χ1) is 10.8. The van der Waals surface area contributed by atoms with Crippen LogP contribution in [0, 0.1) is 0 Å². The monoisotopic (exact) mass is 304 g/mol. The van der Waals surface area contributed by atoms with Crippen LogP contribution in [0.15, 0.2) is 35.3 Å². The van der Waals surface area contributed by atoms with E-state index in [1.54, 1.807) is 7.05 Å². The number of hydrogen-bond acceptors (Lipinski definition) is 3. The lowest BCUT2D eigenvalue weighted by Crippen LogP contribution is -2.39. The van der Waals surface area contributed by atoms with E-state index >= 15 is 0 Å². The maximum atomic E-state index is 5.57. The number of nitrogens with one attached hydrogen (secondary N) is 1. The van der Waals surface area contributed by atoms with Gasteiger partial charge >= 0.3 is 0 Å². The van der Waals surface area contributed by atoms with Gasteiger partial charge in [0.15, 0.2) is 0 Å². The van der Waals surface area contributed by atoms with Crippen molar-refractivity contribution in [1.29, 1.82) is 0 Å². The predicted octanol–water partition coefficient (Wildman–Crippen LogP) is 2.51. The fraction of sp³-hybridized carbons (Fsp3) is 0.588. The van der Waals surface area contributed by atoms with Crippen molar-refractivity contribution in [2.45, 2.75) is 25.7 Å². The van der Waals surface area contributed by atoms with Crippen LogP contribution in [-0.4, -0.2) is 51.2 Å². The van der Waals surface area contributed by atoms with Gasteiger partial charge in [-0.05, 0) is 44.5 Å². The largest absolute Gasteiger partial charge is 0.314 e. The van der Waals surface area contributed by atoms with Gasteiger partial charge in [-0.2, -0.15) is 0 Å². The fourth-order valence-electron chi connectivity index (χ4n) is 2.70. The molecule has 5 nitrogen and oxygen atoms in total. The molecule has 0 saturated carbocycles. The Hall–Kier alpha value is -1.59. The van der Waals surface area contributed by atoms with Crippen LogP contribution in [0.1, 0.15) is 25.7 Å². The number of aliphatic imine (C=N–C) groups is 1. The highest BCUT2D eigenvalue weighted by molar-refractivity contribution is 5.94. The molecule has 0 spiro atoms. The molecule has 1 saturated heterocycles. The molecule has 0 unspecified atom stereocenters. The highest BCUT2D eigenvalue weighted by Crippen LogP contribution is 2.11. The lowest BCUT2D eigenvalue weighted by Gasteiger charge is -2.26. The minimum atomic E-state index is 0.693. The summed E-state index contributed by atoms with van der Waals surface area (Å²) in [5.41, 5.74) is 4.04. The maximum absolute atomic E-state index is 5.57. The number of nitrogens with zero attached hydrogens (tertiary/aromatic N) is 3. The van der Waals surface area contributed by atoms with E-state index in [0.29, 0.717) is 12.6 Å². The van der Waals surface area contributed by atoms with Crippen molar-refractivity contribution in [1.82, 2.24) is 10.4 Å². The number of guanidine groups is 1. The number of benzene rings is 1. The predicted molar refractivity (Wildman–Crippen MR) is 92.2 cm³/mol. The zero-order valence-electron chi connectivity index (χ0n) is 13.8. The van der Waals surface area contributed by atoms with Crippen LogP contribution < -0.4 is 10.4 Å². The Kier molecular flexibility index (Phi) is 7.19. The van der Waals surface area contributed by atoms with E-state index in [2.05, 4.69) is 15.4 Å². The van der Waals surface area contributed by atoms with Gasteiger partial charge in [-0.3, -0.25) is 9.83 Å². The molecule has 5 heteroatoms. The van der Waals surface area contributed by atoms with Crippen LogP contribution in [0.3, 0.4) is 0 Å². The summed E-state index contributed by atoms with van der Waals surface area (Å²) in [5, 5.41) is 0. The van der Waals surface area contributed by atoms with E-state index in [-0.39, 0.29) is 0 Å². The fourth-order valence-corrected chi connectivity index (χ4v) is 2.70. The summed E-state index contributed by atoms with van der Waals surface area (Å²) in [6, 6.07) is 10.1. The van der Waals surface area contributed by atoms with E-state index in [4.69, 9.17) is 4.84 Å². The lowest BCUT2D eigenvalue weighted by molar-refractivity contribution is 0.0730. The summed E-state index contributed by atoms with van der Waals surface area (Å²) in [7, 11) is 3.74. The van der Waals surface area contributed by atoms with Gasteiger partial charge in [-0.15, -0.1) is 0 Å². The highest BCUT2D eigenvalue weighted by atomic mass is 16.6. The first-order valence-electron chi connectivity index (χ1n) is 8.17. The number of rotatable bonds is 6. The zero-order chi connectivity index (χ0) is 15.6. The average molecular weight is 304 g/mol. The first kappa shape index (κ1) is 16.8. The Balaban J connectivity index is 1.66. The molecule has 1 N–H and O–H groups in total. The van der Waals surface area contributed by atoms with Crippen molar-refractivity contribution >= 4 is 11.6 Å². The van der Waals surface area contributed by atoms with Crippen molar-refractivity contribution in [2.24, 2.45) is 4.99 Å². The summed E-state index contributed by atoms with van der Waals surface area (Å²) in [6.45, 7) is 4.30. The van der Waals surface area contributed by atoms with Gasteiger partial charge < -0.3 is 9.80 Å². The van der Waals surface area contributed by atoms with Gasteiger partial charge in [-0.25, -0.2) is 5.48 Å². The Labute approximate surface area is 133 Å². The van der Waals surface area contributed by atoms with Crippen molar-refractivity contribution < 1.29 is 4.84 Å². The molecule has 0 amide bonds. The van der Waals surface area contributed by atoms with E-state index in [1.807, 2.05) is 42.3 Å². The van der Waals surface area contributed by atoms with Gasteiger partial charge in [-0.1, -0.05) is 24.6 Å². The molecule has 0 aliphatic carbocycles. The van der Waals surface area contributed by atoms with Crippen LogP contribution in [0.2, 0.25) is 0 Å². The topological polar surface area (TPSA) is 40.1 Å². The first-order valence-corrected chi connectivity index (χ1v) is 8.17. The van der Waals surface area contributed by atoms with Crippen molar-refractivity contribution in [2.75, 3.05) is 45.2 Å². The average Bonchev–Trinajstić information content (AvgIpc) is 2.59. The smallest absolute Gasteiger partial charge is 0.222 e. The molecule has 122 valence electrons. The second-order valence-electron chi connectivity index (χ2n) is 5.65. The Morgan fingerprint density at radius 2 is 1.95 bits per heavy atom. The van der Waals surface area contributed by atoms with Gasteiger partial charge in [0.25, 0.3) is 0 Å². The number of hydrogen-bond donors (Lipinski definition) is 1. The molecule has 0 bridgehead atoms. The Morgan fingerprint density at radius 1 is 1.23 bits per heavy atom. The normalized spacial score (nSPS) is 16.5.